The van der Waals surface area contributed by atoms with Crippen LogP contribution in [-0.2, 0) is 0 Å². The fraction of sp³-hybridized carbons (Fsp3) is 0.0556. The molecule has 2 aromatic carbocycles. The molecule has 0 spiro atoms. The van der Waals surface area contributed by atoms with E-state index in [2.05, 4.69) is 5.32 Å². The second-order valence-corrected chi connectivity index (χ2v) is 4.91. The van der Waals surface area contributed by atoms with Crippen molar-refractivity contribution in [2.75, 3.05) is 5.32 Å². The van der Waals surface area contributed by atoms with Crippen molar-refractivity contribution in [2.45, 2.75) is 6.92 Å². The van der Waals surface area contributed by atoms with Crippen LogP contribution in [-0.4, -0.2) is 10.5 Å². The third-order valence-corrected chi connectivity index (χ3v) is 3.41. The lowest BCUT2D eigenvalue weighted by molar-refractivity contribution is 0.102. The lowest BCUT2D eigenvalue weighted by atomic mass is 10.1. The van der Waals surface area contributed by atoms with E-state index in [4.69, 9.17) is 0 Å². The van der Waals surface area contributed by atoms with E-state index in [1.54, 1.807) is 12.1 Å². The maximum atomic E-state index is 12.2. The molecule has 0 fully saturated rings. The Bertz CT molecular complexity index is 746. The second kappa shape index (κ2) is 5.67. The third-order valence-electron chi connectivity index (χ3n) is 3.41. The molecule has 1 N–H and O–H groups in total. The van der Waals surface area contributed by atoms with Crippen LogP contribution in [0.3, 0.4) is 0 Å². The van der Waals surface area contributed by atoms with Crippen LogP contribution in [0.1, 0.15) is 15.9 Å². The lowest BCUT2D eigenvalue weighted by Gasteiger charge is -2.11. The Labute approximate surface area is 123 Å². The van der Waals surface area contributed by atoms with Crippen molar-refractivity contribution in [3.8, 4) is 5.69 Å². The van der Waals surface area contributed by atoms with Crippen molar-refractivity contribution in [3.63, 3.8) is 0 Å². The average molecular weight is 276 g/mol. The van der Waals surface area contributed by atoms with Gasteiger partial charge in [-0.3, -0.25) is 4.79 Å². The van der Waals surface area contributed by atoms with Crippen LogP contribution in [0.5, 0.6) is 0 Å². The van der Waals surface area contributed by atoms with Crippen LogP contribution < -0.4 is 5.32 Å². The fourth-order valence-corrected chi connectivity index (χ4v) is 2.20. The number of carbonyl (C=O) groups is 1. The third kappa shape index (κ3) is 2.87. The maximum Gasteiger partial charge on any atom is 0.255 e. The summed E-state index contributed by atoms with van der Waals surface area (Å²) in [5.41, 5.74) is 3.54. The van der Waals surface area contributed by atoms with Crippen molar-refractivity contribution in [3.05, 3.63) is 84.2 Å². The van der Waals surface area contributed by atoms with Crippen molar-refractivity contribution >= 4 is 11.6 Å². The number of rotatable bonds is 3. The van der Waals surface area contributed by atoms with Crippen molar-refractivity contribution in [1.82, 2.24) is 4.57 Å². The van der Waals surface area contributed by atoms with Gasteiger partial charge in [0.05, 0.1) is 0 Å². The van der Waals surface area contributed by atoms with Gasteiger partial charge in [-0.1, -0.05) is 24.3 Å². The number of hydrogen-bond acceptors (Lipinski definition) is 1. The highest BCUT2D eigenvalue weighted by Gasteiger charge is 2.08. The normalized spacial score (nSPS) is 10.3. The van der Waals surface area contributed by atoms with Crippen LogP contribution in [0.25, 0.3) is 5.69 Å². The van der Waals surface area contributed by atoms with E-state index in [0.717, 1.165) is 16.9 Å². The van der Waals surface area contributed by atoms with Crippen LogP contribution in [0.4, 0.5) is 5.69 Å². The number of nitrogens with zero attached hydrogens (tertiary/aromatic N) is 1. The molecule has 104 valence electrons. The van der Waals surface area contributed by atoms with Gasteiger partial charge in [-0.15, -0.1) is 0 Å². The van der Waals surface area contributed by atoms with Crippen molar-refractivity contribution in [2.24, 2.45) is 0 Å². The summed E-state index contributed by atoms with van der Waals surface area (Å²) in [6.45, 7) is 1.99. The Kier molecular flexibility index (Phi) is 3.56. The number of amides is 1. The minimum atomic E-state index is -0.0941. The van der Waals surface area contributed by atoms with Gasteiger partial charge in [0.1, 0.15) is 0 Å². The Hall–Kier alpha value is -2.81. The highest BCUT2D eigenvalue weighted by molar-refractivity contribution is 6.04. The number of aromatic nitrogens is 1. The molecule has 0 bridgehead atoms. The number of benzene rings is 2. The zero-order valence-electron chi connectivity index (χ0n) is 11.8. The molecule has 0 aliphatic carbocycles. The molecule has 0 saturated heterocycles. The monoisotopic (exact) mass is 276 g/mol. The van der Waals surface area contributed by atoms with Gasteiger partial charge < -0.3 is 9.88 Å². The number of carbonyl (C=O) groups excluding carboxylic acids is 1. The van der Waals surface area contributed by atoms with E-state index in [-0.39, 0.29) is 5.91 Å². The van der Waals surface area contributed by atoms with Gasteiger partial charge in [-0.05, 0) is 48.9 Å². The summed E-state index contributed by atoms with van der Waals surface area (Å²) in [7, 11) is 0. The molecule has 1 amide bonds. The lowest BCUT2D eigenvalue weighted by Crippen LogP contribution is -2.12. The molecule has 0 aliphatic heterocycles. The van der Waals surface area contributed by atoms with E-state index in [9.17, 15) is 4.79 Å². The molecule has 3 aromatic rings. The second-order valence-electron chi connectivity index (χ2n) is 4.91. The molecule has 21 heavy (non-hydrogen) atoms. The van der Waals surface area contributed by atoms with Crippen molar-refractivity contribution < 1.29 is 4.79 Å². The highest BCUT2D eigenvalue weighted by atomic mass is 16.1. The predicted octanol–water partition coefficient (Wildman–Crippen LogP) is 4.04. The molecule has 1 aromatic heterocycles. The summed E-state index contributed by atoms with van der Waals surface area (Å²) in [5.74, 6) is -0.0941. The van der Waals surface area contributed by atoms with Gasteiger partial charge >= 0.3 is 0 Å². The largest absolute Gasteiger partial charge is 0.324 e. The highest BCUT2D eigenvalue weighted by Crippen LogP contribution is 2.20. The van der Waals surface area contributed by atoms with E-state index in [1.165, 1.54) is 0 Å². The Morgan fingerprint density at radius 3 is 2.38 bits per heavy atom. The summed E-state index contributed by atoms with van der Waals surface area (Å²) >= 11 is 0. The first-order chi connectivity index (χ1) is 10.2. The maximum absolute atomic E-state index is 12.2. The zero-order chi connectivity index (χ0) is 14.7. The van der Waals surface area contributed by atoms with Gasteiger partial charge in [0.15, 0.2) is 0 Å². The number of aryl methyl sites for hydroxylation is 1. The smallest absolute Gasteiger partial charge is 0.255 e. The first kappa shape index (κ1) is 13.2. The Balaban J connectivity index is 1.88. The van der Waals surface area contributed by atoms with E-state index < -0.39 is 0 Å². The number of anilines is 1. The molecule has 0 atom stereocenters. The minimum absolute atomic E-state index is 0.0941. The van der Waals surface area contributed by atoms with E-state index >= 15 is 0 Å². The standard InChI is InChI=1S/C18H16N2O/c1-14-9-10-16(20-11-5-6-12-20)13-17(14)19-18(21)15-7-3-2-4-8-15/h2-13H,1H3,(H,19,21). The molecular weight excluding hydrogens is 260 g/mol. The number of nitrogens with one attached hydrogen (secondary N) is 1. The summed E-state index contributed by atoms with van der Waals surface area (Å²) in [5, 5.41) is 2.98. The molecule has 0 radical (unpaired) electrons. The summed E-state index contributed by atoms with van der Waals surface area (Å²) in [6.07, 6.45) is 3.96. The molecule has 1 heterocycles. The van der Waals surface area contributed by atoms with Crippen LogP contribution in [0, 0.1) is 6.92 Å². The Morgan fingerprint density at radius 2 is 1.67 bits per heavy atom. The summed E-state index contributed by atoms with van der Waals surface area (Å²) < 4.78 is 2.01. The predicted molar refractivity (Wildman–Crippen MR) is 84.9 cm³/mol. The molecule has 0 saturated carbocycles. The first-order valence-electron chi connectivity index (χ1n) is 6.84. The van der Waals surface area contributed by atoms with Crippen LogP contribution in [0.15, 0.2) is 73.1 Å². The quantitative estimate of drug-likeness (QED) is 0.769. The van der Waals surface area contributed by atoms with Crippen LogP contribution >= 0.6 is 0 Å². The topological polar surface area (TPSA) is 34.0 Å². The van der Waals surface area contributed by atoms with Gasteiger partial charge in [0, 0.05) is 29.3 Å². The van der Waals surface area contributed by atoms with Gasteiger partial charge in [0.2, 0.25) is 0 Å². The van der Waals surface area contributed by atoms with Gasteiger partial charge in [-0.2, -0.15) is 0 Å². The fourth-order valence-electron chi connectivity index (χ4n) is 2.20. The SMILES string of the molecule is Cc1ccc(-n2cccc2)cc1NC(=O)c1ccccc1. The van der Waals surface area contributed by atoms with Crippen molar-refractivity contribution in [1.29, 1.82) is 0 Å². The Morgan fingerprint density at radius 1 is 0.952 bits per heavy atom. The summed E-state index contributed by atoms with van der Waals surface area (Å²) in [6, 6.07) is 19.2. The van der Waals surface area contributed by atoms with Gasteiger partial charge in [0.25, 0.3) is 5.91 Å². The molecule has 0 aliphatic rings. The first-order valence-corrected chi connectivity index (χ1v) is 6.84. The molecular formula is C18H16N2O. The molecule has 3 rings (SSSR count). The van der Waals surface area contributed by atoms with Crippen LogP contribution in [0.2, 0.25) is 0 Å². The molecule has 3 heteroatoms. The molecule has 0 unspecified atom stereocenters. The van der Waals surface area contributed by atoms with E-state index in [1.807, 2.05) is 72.4 Å². The minimum Gasteiger partial charge on any atom is -0.324 e. The van der Waals surface area contributed by atoms with Gasteiger partial charge in [-0.25, -0.2) is 0 Å². The number of hydrogen-bond donors (Lipinski definition) is 1. The zero-order valence-corrected chi connectivity index (χ0v) is 11.8. The van der Waals surface area contributed by atoms with E-state index in [0.29, 0.717) is 5.56 Å². The average Bonchev–Trinajstić information content (AvgIpc) is 3.04. The summed E-state index contributed by atoms with van der Waals surface area (Å²) in [4.78, 5) is 12.2. The molecule has 3 nitrogen and oxygen atoms in total.